The van der Waals surface area contributed by atoms with Gasteiger partial charge >= 0.3 is 0 Å². The number of carbonyl (C=O) groups excluding carboxylic acids is 2. The zero-order valence-electron chi connectivity index (χ0n) is 17.7. The Morgan fingerprint density at radius 3 is 2.38 bits per heavy atom. The van der Waals surface area contributed by atoms with Crippen LogP contribution in [0.1, 0.15) is 38.8 Å². The Bertz CT molecular complexity index is 847. The van der Waals surface area contributed by atoms with E-state index in [2.05, 4.69) is 21.2 Å². The molecule has 0 aliphatic rings. The lowest BCUT2D eigenvalue weighted by atomic mass is 10.1. The van der Waals surface area contributed by atoms with Crippen molar-refractivity contribution in [3.63, 3.8) is 0 Å². The molecule has 1 N–H and O–H groups in total. The number of ether oxygens (including phenoxy) is 1. The van der Waals surface area contributed by atoms with Gasteiger partial charge in [0.2, 0.25) is 5.91 Å². The number of benzene rings is 2. The molecule has 0 heterocycles. The van der Waals surface area contributed by atoms with E-state index in [1.54, 1.807) is 11.8 Å². The normalized spacial score (nSPS) is 12.2. The van der Waals surface area contributed by atoms with Crippen LogP contribution in [0.3, 0.4) is 0 Å². The van der Waals surface area contributed by atoms with Gasteiger partial charge < -0.3 is 15.0 Å². The molecule has 0 aliphatic carbocycles. The van der Waals surface area contributed by atoms with Crippen molar-refractivity contribution in [1.82, 2.24) is 10.2 Å². The molecule has 6 heteroatoms. The van der Waals surface area contributed by atoms with Gasteiger partial charge in [-0.1, -0.05) is 46.3 Å². The standard InChI is InChI=1S/C23H29BrN2O3/c1-16-13-19(11-12-20(16)24)29-15-21(27)26(14-18-9-7-6-8-10-18)17(2)22(28)25-23(3,4)5/h6-13,17H,14-15H2,1-5H3,(H,25,28)/t17-/m1/s1. The van der Waals surface area contributed by atoms with Crippen LogP contribution in [0.4, 0.5) is 0 Å². The van der Waals surface area contributed by atoms with Gasteiger partial charge in [0.05, 0.1) is 0 Å². The molecule has 0 saturated heterocycles. The van der Waals surface area contributed by atoms with Gasteiger partial charge in [-0.2, -0.15) is 0 Å². The Balaban J connectivity index is 2.15. The molecule has 0 unspecified atom stereocenters. The van der Waals surface area contributed by atoms with Crippen molar-refractivity contribution in [3.8, 4) is 5.75 Å². The van der Waals surface area contributed by atoms with Crippen molar-refractivity contribution in [2.24, 2.45) is 0 Å². The largest absolute Gasteiger partial charge is 0.484 e. The van der Waals surface area contributed by atoms with E-state index < -0.39 is 6.04 Å². The van der Waals surface area contributed by atoms with Gasteiger partial charge in [0.25, 0.3) is 5.91 Å². The molecule has 0 spiro atoms. The summed E-state index contributed by atoms with van der Waals surface area (Å²) in [5, 5.41) is 2.95. The Morgan fingerprint density at radius 1 is 1.14 bits per heavy atom. The summed E-state index contributed by atoms with van der Waals surface area (Å²) in [6.07, 6.45) is 0. The molecule has 0 aromatic heterocycles. The highest BCUT2D eigenvalue weighted by Gasteiger charge is 2.28. The van der Waals surface area contributed by atoms with Gasteiger partial charge in [-0.3, -0.25) is 9.59 Å². The molecule has 0 bridgehead atoms. The molecule has 156 valence electrons. The summed E-state index contributed by atoms with van der Waals surface area (Å²) in [7, 11) is 0. The minimum atomic E-state index is -0.628. The lowest BCUT2D eigenvalue weighted by molar-refractivity contribution is -0.142. The molecule has 1 atom stereocenters. The highest BCUT2D eigenvalue weighted by Crippen LogP contribution is 2.22. The average molecular weight is 461 g/mol. The lowest BCUT2D eigenvalue weighted by Gasteiger charge is -2.31. The van der Waals surface area contributed by atoms with Crippen LogP contribution in [0.15, 0.2) is 53.0 Å². The van der Waals surface area contributed by atoms with E-state index in [-0.39, 0.29) is 24.0 Å². The highest BCUT2D eigenvalue weighted by atomic mass is 79.9. The minimum Gasteiger partial charge on any atom is -0.484 e. The molecule has 2 amide bonds. The van der Waals surface area contributed by atoms with Crippen LogP contribution in [0, 0.1) is 6.92 Å². The van der Waals surface area contributed by atoms with E-state index in [4.69, 9.17) is 4.74 Å². The predicted molar refractivity (Wildman–Crippen MR) is 119 cm³/mol. The predicted octanol–water partition coefficient (Wildman–Crippen LogP) is 4.47. The summed E-state index contributed by atoms with van der Waals surface area (Å²) >= 11 is 3.45. The first-order chi connectivity index (χ1) is 13.6. The molecule has 2 aromatic carbocycles. The Hall–Kier alpha value is -2.34. The first kappa shape index (κ1) is 22.9. The SMILES string of the molecule is Cc1cc(OCC(=O)N(Cc2ccccc2)[C@H](C)C(=O)NC(C)(C)C)ccc1Br. The second-order valence-electron chi connectivity index (χ2n) is 8.12. The second-order valence-corrected chi connectivity index (χ2v) is 8.98. The number of aryl methyl sites for hydroxylation is 1. The second kappa shape index (κ2) is 9.92. The number of hydrogen-bond donors (Lipinski definition) is 1. The summed E-state index contributed by atoms with van der Waals surface area (Å²) in [6.45, 7) is 9.65. The topological polar surface area (TPSA) is 58.6 Å². The molecule has 29 heavy (non-hydrogen) atoms. The van der Waals surface area contributed by atoms with Crippen molar-refractivity contribution in [2.45, 2.75) is 52.7 Å². The summed E-state index contributed by atoms with van der Waals surface area (Å²) in [5.41, 5.74) is 1.60. The quantitative estimate of drug-likeness (QED) is 0.662. The van der Waals surface area contributed by atoms with Gasteiger partial charge in [-0.05, 0) is 63.9 Å². The van der Waals surface area contributed by atoms with E-state index in [1.165, 1.54) is 0 Å². The van der Waals surface area contributed by atoms with E-state index >= 15 is 0 Å². The number of nitrogens with one attached hydrogen (secondary N) is 1. The number of amides is 2. The van der Waals surface area contributed by atoms with Gasteiger partial charge in [-0.15, -0.1) is 0 Å². The van der Waals surface area contributed by atoms with Gasteiger partial charge in [-0.25, -0.2) is 0 Å². The number of rotatable bonds is 7. The maximum atomic E-state index is 13.0. The maximum absolute atomic E-state index is 13.0. The van der Waals surface area contributed by atoms with Crippen molar-refractivity contribution in [3.05, 3.63) is 64.1 Å². The van der Waals surface area contributed by atoms with Crippen LogP contribution in [-0.4, -0.2) is 34.9 Å². The Labute approximate surface area is 181 Å². The summed E-state index contributed by atoms with van der Waals surface area (Å²) in [4.78, 5) is 27.3. The lowest BCUT2D eigenvalue weighted by Crippen LogP contribution is -2.53. The first-order valence-corrected chi connectivity index (χ1v) is 10.4. The third-order valence-electron chi connectivity index (χ3n) is 4.35. The van der Waals surface area contributed by atoms with Crippen molar-refractivity contribution in [2.75, 3.05) is 6.61 Å². The van der Waals surface area contributed by atoms with Crippen LogP contribution in [0.25, 0.3) is 0 Å². The fourth-order valence-corrected chi connectivity index (χ4v) is 3.02. The molecular weight excluding hydrogens is 432 g/mol. The highest BCUT2D eigenvalue weighted by molar-refractivity contribution is 9.10. The smallest absolute Gasteiger partial charge is 0.261 e. The molecular formula is C23H29BrN2O3. The van der Waals surface area contributed by atoms with E-state index in [0.717, 1.165) is 15.6 Å². The summed E-state index contributed by atoms with van der Waals surface area (Å²) in [6, 6.07) is 14.6. The van der Waals surface area contributed by atoms with Crippen molar-refractivity contribution in [1.29, 1.82) is 0 Å². The van der Waals surface area contributed by atoms with Crippen molar-refractivity contribution < 1.29 is 14.3 Å². The minimum absolute atomic E-state index is 0.138. The first-order valence-electron chi connectivity index (χ1n) is 9.61. The fourth-order valence-electron chi connectivity index (χ4n) is 2.77. The van der Waals surface area contributed by atoms with E-state index in [0.29, 0.717) is 12.3 Å². The maximum Gasteiger partial charge on any atom is 0.261 e. The number of carbonyl (C=O) groups is 2. The summed E-state index contributed by atoms with van der Waals surface area (Å²) in [5.74, 6) is 0.178. The van der Waals surface area contributed by atoms with Crippen molar-refractivity contribution >= 4 is 27.7 Å². The molecule has 0 radical (unpaired) electrons. The fraction of sp³-hybridized carbons (Fsp3) is 0.391. The monoisotopic (exact) mass is 460 g/mol. The van der Waals surface area contributed by atoms with E-state index in [9.17, 15) is 9.59 Å². The average Bonchev–Trinajstić information content (AvgIpc) is 2.65. The van der Waals surface area contributed by atoms with Crippen LogP contribution in [0.5, 0.6) is 5.75 Å². The van der Waals surface area contributed by atoms with Crippen LogP contribution < -0.4 is 10.1 Å². The third-order valence-corrected chi connectivity index (χ3v) is 5.24. The molecule has 5 nitrogen and oxygen atoms in total. The molecule has 0 aliphatic heterocycles. The molecule has 0 saturated carbocycles. The zero-order chi connectivity index (χ0) is 21.6. The van der Waals surface area contributed by atoms with Gasteiger partial charge in [0.15, 0.2) is 6.61 Å². The molecule has 0 fully saturated rings. The Kier molecular flexibility index (Phi) is 7.85. The van der Waals surface area contributed by atoms with E-state index in [1.807, 2.05) is 76.2 Å². The van der Waals surface area contributed by atoms with Crippen LogP contribution in [0.2, 0.25) is 0 Å². The van der Waals surface area contributed by atoms with Gasteiger partial charge in [0.1, 0.15) is 11.8 Å². The number of hydrogen-bond acceptors (Lipinski definition) is 3. The van der Waals surface area contributed by atoms with Crippen LogP contribution >= 0.6 is 15.9 Å². The zero-order valence-corrected chi connectivity index (χ0v) is 19.2. The number of nitrogens with zero attached hydrogens (tertiary/aromatic N) is 1. The van der Waals surface area contributed by atoms with Crippen LogP contribution in [-0.2, 0) is 16.1 Å². The van der Waals surface area contributed by atoms with Gasteiger partial charge in [0, 0.05) is 16.6 Å². The Morgan fingerprint density at radius 2 is 1.79 bits per heavy atom. The number of halogens is 1. The summed E-state index contributed by atoms with van der Waals surface area (Å²) < 4.78 is 6.69. The third kappa shape index (κ3) is 7.20. The molecule has 2 rings (SSSR count). The molecule has 2 aromatic rings.